The third-order valence-corrected chi connectivity index (χ3v) is 4.84. The van der Waals surface area contributed by atoms with Crippen molar-refractivity contribution in [1.82, 2.24) is 14.9 Å². The molecule has 0 aliphatic heterocycles. The molecule has 0 spiro atoms. The Balaban J connectivity index is 1.76. The highest BCUT2D eigenvalue weighted by atomic mass is 35.5. The number of halogens is 1. The summed E-state index contributed by atoms with van der Waals surface area (Å²) in [6.45, 7) is 2.46. The van der Waals surface area contributed by atoms with E-state index in [-0.39, 0.29) is 5.91 Å². The quantitative estimate of drug-likeness (QED) is 0.757. The second-order valence-electron chi connectivity index (χ2n) is 5.02. The van der Waals surface area contributed by atoms with E-state index < -0.39 is 0 Å². The third kappa shape index (κ3) is 3.63. The molecule has 1 N–H and O–H groups in total. The zero-order valence-electron chi connectivity index (χ0n) is 12.6. The molecule has 0 fully saturated rings. The van der Waals surface area contributed by atoms with E-state index in [1.165, 1.54) is 11.3 Å². The highest BCUT2D eigenvalue weighted by Gasteiger charge is 2.17. The summed E-state index contributed by atoms with van der Waals surface area (Å²) < 4.78 is 1.91. The van der Waals surface area contributed by atoms with Crippen molar-refractivity contribution in [3.05, 3.63) is 69.9 Å². The van der Waals surface area contributed by atoms with Crippen molar-refractivity contribution in [2.24, 2.45) is 0 Å². The number of benzene rings is 1. The predicted octanol–water partition coefficient (Wildman–Crippen LogP) is 4.08. The van der Waals surface area contributed by atoms with E-state index in [0.717, 1.165) is 22.0 Å². The standard InChI is InChI=1S/C17H16ClN3OS/c1-2-14-15(20-17(23-14)21-8-3-4-9-21)16(22)19-11-12-6-5-7-13(18)10-12/h3-10H,2,11H2,1H3,(H,19,22). The Hall–Kier alpha value is -2.11. The molecule has 23 heavy (non-hydrogen) atoms. The lowest BCUT2D eigenvalue weighted by atomic mass is 10.2. The number of hydrogen-bond acceptors (Lipinski definition) is 3. The largest absolute Gasteiger partial charge is 0.347 e. The number of carbonyl (C=O) groups excluding carboxylic acids is 1. The molecule has 118 valence electrons. The van der Waals surface area contributed by atoms with Crippen LogP contribution in [0, 0.1) is 0 Å². The van der Waals surface area contributed by atoms with Crippen LogP contribution in [0.25, 0.3) is 5.13 Å². The monoisotopic (exact) mass is 345 g/mol. The van der Waals surface area contributed by atoms with Crippen LogP contribution in [-0.4, -0.2) is 15.5 Å². The van der Waals surface area contributed by atoms with Crippen molar-refractivity contribution in [3.63, 3.8) is 0 Å². The van der Waals surface area contributed by atoms with E-state index in [2.05, 4.69) is 10.3 Å². The summed E-state index contributed by atoms with van der Waals surface area (Å²) in [7, 11) is 0. The van der Waals surface area contributed by atoms with Gasteiger partial charge in [0, 0.05) is 28.8 Å². The fraction of sp³-hybridized carbons (Fsp3) is 0.176. The van der Waals surface area contributed by atoms with Crippen LogP contribution in [0.1, 0.15) is 27.9 Å². The molecule has 2 aromatic heterocycles. The first-order valence-electron chi connectivity index (χ1n) is 7.33. The zero-order chi connectivity index (χ0) is 16.2. The van der Waals surface area contributed by atoms with Crippen LogP contribution < -0.4 is 5.32 Å². The maximum atomic E-state index is 12.5. The van der Waals surface area contributed by atoms with Gasteiger partial charge in [0.05, 0.1) is 0 Å². The van der Waals surface area contributed by atoms with Crippen LogP contribution in [-0.2, 0) is 13.0 Å². The Morgan fingerprint density at radius 3 is 2.78 bits per heavy atom. The van der Waals surface area contributed by atoms with Crippen LogP contribution in [0.3, 0.4) is 0 Å². The molecular formula is C17H16ClN3OS. The van der Waals surface area contributed by atoms with Crippen molar-refractivity contribution < 1.29 is 4.79 Å². The maximum Gasteiger partial charge on any atom is 0.271 e. The van der Waals surface area contributed by atoms with Gasteiger partial charge in [-0.25, -0.2) is 4.98 Å². The van der Waals surface area contributed by atoms with Gasteiger partial charge in [0.25, 0.3) is 5.91 Å². The molecule has 0 saturated carbocycles. The van der Waals surface area contributed by atoms with Crippen molar-refractivity contribution in [3.8, 4) is 5.13 Å². The van der Waals surface area contributed by atoms with Gasteiger partial charge in [0.1, 0.15) is 5.69 Å². The summed E-state index contributed by atoms with van der Waals surface area (Å²) >= 11 is 7.50. The van der Waals surface area contributed by atoms with Crippen LogP contribution in [0.15, 0.2) is 48.8 Å². The van der Waals surface area contributed by atoms with Gasteiger partial charge in [-0.2, -0.15) is 0 Å². The summed E-state index contributed by atoms with van der Waals surface area (Å²) in [5.41, 5.74) is 1.47. The van der Waals surface area contributed by atoms with E-state index in [4.69, 9.17) is 11.6 Å². The van der Waals surface area contributed by atoms with Crippen LogP contribution in [0.4, 0.5) is 0 Å². The van der Waals surface area contributed by atoms with Crippen LogP contribution in [0.5, 0.6) is 0 Å². The second kappa shape index (κ2) is 6.98. The third-order valence-electron chi connectivity index (χ3n) is 3.39. The summed E-state index contributed by atoms with van der Waals surface area (Å²) in [5.74, 6) is -0.156. The van der Waals surface area contributed by atoms with Gasteiger partial charge in [-0.1, -0.05) is 30.7 Å². The van der Waals surface area contributed by atoms with Gasteiger partial charge < -0.3 is 9.88 Å². The van der Waals surface area contributed by atoms with Gasteiger partial charge in [0.2, 0.25) is 0 Å². The maximum absolute atomic E-state index is 12.5. The fourth-order valence-electron chi connectivity index (χ4n) is 2.24. The first kappa shape index (κ1) is 15.8. The molecule has 0 atom stereocenters. The Bertz CT molecular complexity index is 811. The minimum Gasteiger partial charge on any atom is -0.347 e. The number of thiazole rings is 1. The average molecular weight is 346 g/mol. The minimum atomic E-state index is -0.156. The second-order valence-corrected chi connectivity index (χ2v) is 6.52. The number of amides is 1. The SMILES string of the molecule is CCc1sc(-n2cccc2)nc1C(=O)NCc1cccc(Cl)c1. The van der Waals surface area contributed by atoms with Gasteiger partial charge in [-0.15, -0.1) is 11.3 Å². The molecule has 2 heterocycles. The lowest BCUT2D eigenvalue weighted by Crippen LogP contribution is -2.24. The molecule has 0 aliphatic carbocycles. The van der Waals surface area contributed by atoms with Crippen molar-refractivity contribution in [1.29, 1.82) is 0 Å². The highest BCUT2D eigenvalue weighted by Crippen LogP contribution is 2.23. The lowest BCUT2D eigenvalue weighted by Gasteiger charge is -2.05. The molecule has 4 nitrogen and oxygen atoms in total. The zero-order valence-corrected chi connectivity index (χ0v) is 14.2. The molecule has 0 aliphatic rings. The smallest absolute Gasteiger partial charge is 0.271 e. The topological polar surface area (TPSA) is 46.9 Å². The van der Waals surface area contributed by atoms with Gasteiger partial charge >= 0.3 is 0 Å². The molecule has 3 rings (SSSR count). The van der Waals surface area contributed by atoms with Crippen molar-refractivity contribution in [2.75, 3.05) is 0 Å². The van der Waals surface area contributed by atoms with Gasteiger partial charge in [-0.05, 0) is 36.2 Å². The summed E-state index contributed by atoms with van der Waals surface area (Å²) in [6.07, 6.45) is 4.62. The molecule has 0 radical (unpaired) electrons. The van der Waals surface area contributed by atoms with Crippen molar-refractivity contribution >= 4 is 28.8 Å². The summed E-state index contributed by atoms with van der Waals surface area (Å²) in [5, 5.41) is 4.38. The number of aromatic nitrogens is 2. The molecular weight excluding hydrogens is 330 g/mol. The number of nitrogens with one attached hydrogen (secondary N) is 1. The molecule has 1 aromatic carbocycles. The molecule has 0 saturated heterocycles. The molecule has 0 unspecified atom stereocenters. The fourth-order valence-corrected chi connectivity index (χ4v) is 3.42. The van der Waals surface area contributed by atoms with E-state index in [0.29, 0.717) is 17.3 Å². The molecule has 0 bridgehead atoms. The Kier molecular flexibility index (Phi) is 4.79. The number of aryl methyl sites for hydroxylation is 1. The van der Waals surface area contributed by atoms with Gasteiger partial charge in [0.15, 0.2) is 5.13 Å². The predicted molar refractivity (Wildman–Crippen MR) is 93.4 cm³/mol. The van der Waals surface area contributed by atoms with Crippen LogP contribution >= 0.6 is 22.9 Å². The first-order valence-corrected chi connectivity index (χ1v) is 8.52. The summed E-state index contributed by atoms with van der Waals surface area (Å²) in [6, 6.07) is 11.3. The van der Waals surface area contributed by atoms with E-state index in [1.807, 2.05) is 60.3 Å². The number of nitrogens with zero attached hydrogens (tertiary/aromatic N) is 2. The summed E-state index contributed by atoms with van der Waals surface area (Å²) in [4.78, 5) is 17.9. The van der Waals surface area contributed by atoms with Crippen molar-refractivity contribution in [2.45, 2.75) is 19.9 Å². The normalized spacial score (nSPS) is 10.7. The first-order chi connectivity index (χ1) is 11.2. The number of hydrogen-bond donors (Lipinski definition) is 1. The van der Waals surface area contributed by atoms with E-state index >= 15 is 0 Å². The molecule has 3 aromatic rings. The number of carbonyl (C=O) groups is 1. The lowest BCUT2D eigenvalue weighted by molar-refractivity contribution is 0.0945. The van der Waals surface area contributed by atoms with E-state index in [1.54, 1.807) is 0 Å². The number of rotatable bonds is 5. The molecule has 1 amide bonds. The van der Waals surface area contributed by atoms with Crippen LogP contribution in [0.2, 0.25) is 5.02 Å². The average Bonchev–Trinajstić information content (AvgIpc) is 3.21. The highest BCUT2D eigenvalue weighted by molar-refractivity contribution is 7.14. The minimum absolute atomic E-state index is 0.156. The Morgan fingerprint density at radius 2 is 2.09 bits per heavy atom. The van der Waals surface area contributed by atoms with Gasteiger partial charge in [-0.3, -0.25) is 4.79 Å². The van der Waals surface area contributed by atoms with E-state index in [9.17, 15) is 4.79 Å². The Morgan fingerprint density at radius 1 is 1.30 bits per heavy atom. The Labute approximate surface area is 143 Å². The molecule has 6 heteroatoms.